The Balaban J connectivity index is 2.18. The van der Waals surface area contributed by atoms with E-state index in [0.29, 0.717) is 12.2 Å². The van der Waals surface area contributed by atoms with Crippen LogP contribution in [0.5, 0.6) is 0 Å². The molecule has 0 aliphatic carbocycles. The van der Waals surface area contributed by atoms with Gasteiger partial charge in [-0.15, -0.1) is 5.10 Å². The molecule has 0 spiro atoms. The van der Waals surface area contributed by atoms with E-state index in [1.54, 1.807) is 15.6 Å². The first-order chi connectivity index (χ1) is 6.65. The maximum atomic E-state index is 5.67. The third-order valence-corrected chi connectivity index (χ3v) is 1.96. The standard InChI is InChI=1S/C8H12N6/c1-6-8(9)5-14(11-6)4-7-3-13(2)12-10-7/h3,5H,4,9H2,1-2H3. The fourth-order valence-corrected chi connectivity index (χ4v) is 1.25. The van der Waals surface area contributed by atoms with Gasteiger partial charge in [-0.25, -0.2) is 0 Å². The molecule has 0 unspecified atom stereocenters. The molecule has 0 fully saturated rings. The summed E-state index contributed by atoms with van der Waals surface area (Å²) >= 11 is 0. The van der Waals surface area contributed by atoms with Gasteiger partial charge in [0.2, 0.25) is 0 Å². The fourth-order valence-electron chi connectivity index (χ4n) is 1.25. The Morgan fingerprint density at radius 1 is 1.43 bits per heavy atom. The Morgan fingerprint density at radius 2 is 2.21 bits per heavy atom. The lowest BCUT2D eigenvalue weighted by Gasteiger charge is -1.94. The summed E-state index contributed by atoms with van der Waals surface area (Å²) in [6, 6.07) is 0. The third-order valence-electron chi connectivity index (χ3n) is 1.96. The number of aryl methyl sites for hydroxylation is 2. The fraction of sp³-hybridized carbons (Fsp3) is 0.375. The summed E-state index contributed by atoms with van der Waals surface area (Å²) in [5, 5.41) is 12.0. The first kappa shape index (κ1) is 8.74. The van der Waals surface area contributed by atoms with Crippen LogP contribution in [0, 0.1) is 6.92 Å². The summed E-state index contributed by atoms with van der Waals surface area (Å²) in [6.45, 7) is 2.48. The smallest absolute Gasteiger partial charge is 0.104 e. The van der Waals surface area contributed by atoms with Crippen LogP contribution in [0.25, 0.3) is 0 Å². The Bertz CT molecular complexity index is 421. The van der Waals surface area contributed by atoms with Gasteiger partial charge >= 0.3 is 0 Å². The molecule has 2 aromatic rings. The minimum Gasteiger partial charge on any atom is -0.396 e. The SMILES string of the molecule is Cc1nn(Cc2cn(C)nn2)cc1N. The zero-order valence-electron chi connectivity index (χ0n) is 8.18. The molecule has 0 aliphatic rings. The van der Waals surface area contributed by atoms with E-state index in [9.17, 15) is 0 Å². The Kier molecular flexibility index (Phi) is 1.95. The highest BCUT2D eigenvalue weighted by atomic mass is 15.4. The molecule has 0 aliphatic heterocycles. The number of nitrogen functional groups attached to an aromatic ring is 1. The van der Waals surface area contributed by atoms with Crippen molar-refractivity contribution in [3.05, 3.63) is 23.8 Å². The van der Waals surface area contributed by atoms with Gasteiger partial charge in [-0.3, -0.25) is 9.36 Å². The van der Waals surface area contributed by atoms with Crippen LogP contribution < -0.4 is 5.73 Å². The van der Waals surface area contributed by atoms with Crippen molar-refractivity contribution in [1.29, 1.82) is 0 Å². The number of hydrogen-bond donors (Lipinski definition) is 1. The van der Waals surface area contributed by atoms with E-state index in [-0.39, 0.29) is 0 Å². The predicted molar refractivity (Wildman–Crippen MR) is 51.5 cm³/mol. The molecule has 0 saturated carbocycles. The molecule has 74 valence electrons. The zero-order chi connectivity index (χ0) is 10.1. The van der Waals surface area contributed by atoms with Crippen molar-refractivity contribution in [2.24, 2.45) is 7.05 Å². The Hall–Kier alpha value is -1.85. The molecule has 2 heterocycles. The number of anilines is 1. The van der Waals surface area contributed by atoms with Crippen LogP contribution in [0.1, 0.15) is 11.4 Å². The van der Waals surface area contributed by atoms with E-state index in [4.69, 9.17) is 5.73 Å². The summed E-state index contributed by atoms with van der Waals surface area (Å²) in [7, 11) is 1.83. The highest BCUT2D eigenvalue weighted by Gasteiger charge is 2.03. The lowest BCUT2D eigenvalue weighted by molar-refractivity contribution is 0.661. The first-order valence-electron chi connectivity index (χ1n) is 4.30. The maximum absolute atomic E-state index is 5.67. The van der Waals surface area contributed by atoms with Gasteiger partial charge in [0.05, 0.1) is 17.9 Å². The molecule has 0 radical (unpaired) electrons. The minimum absolute atomic E-state index is 0.603. The quantitative estimate of drug-likeness (QED) is 0.724. The molecule has 0 atom stereocenters. The number of rotatable bonds is 2. The van der Waals surface area contributed by atoms with E-state index in [1.165, 1.54) is 0 Å². The highest BCUT2D eigenvalue weighted by molar-refractivity contribution is 5.39. The second kappa shape index (κ2) is 3.13. The molecule has 2 N–H and O–H groups in total. The van der Waals surface area contributed by atoms with Crippen molar-refractivity contribution in [2.45, 2.75) is 13.5 Å². The average Bonchev–Trinajstić information content (AvgIpc) is 2.62. The van der Waals surface area contributed by atoms with Crippen molar-refractivity contribution in [3.63, 3.8) is 0 Å². The number of aromatic nitrogens is 5. The second-order valence-electron chi connectivity index (χ2n) is 3.25. The van der Waals surface area contributed by atoms with Crippen LogP contribution in [0.15, 0.2) is 12.4 Å². The van der Waals surface area contributed by atoms with Gasteiger partial charge in [-0.1, -0.05) is 5.21 Å². The molecular weight excluding hydrogens is 180 g/mol. The van der Waals surface area contributed by atoms with Crippen molar-refractivity contribution < 1.29 is 0 Å². The summed E-state index contributed by atoms with van der Waals surface area (Å²) < 4.78 is 3.42. The lowest BCUT2D eigenvalue weighted by atomic mass is 10.4. The molecule has 0 aromatic carbocycles. The van der Waals surface area contributed by atoms with Crippen molar-refractivity contribution in [1.82, 2.24) is 24.8 Å². The van der Waals surface area contributed by atoms with Crippen LogP contribution in [-0.2, 0) is 13.6 Å². The number of hydrogen-bond acceptors (Lipinski definition) is 4. The highest BCUT2D eigenvalue weighted by Crippen LogP contribution is 2.07. The molecule has 0 saturated heterocycles. The summed E-state index contributed by atoms with van der Waals surface area (Å²) in [4.78, 5) is 0. The van der Waals surface area contributed by atoms with Crippen LogP contribution in [0.3, 0.4) is 0 Å². The normalized spacial score (nSPS) is 10.7. The third kappa shape index (κ3) is 1.59. The summed E-state index contributed by atoms with van der Waals surface area (Å²) in [6.07, 6.45) is 3.65. The minimum atomic E-state index is 0.603. The molecule has 2 rings (SSSR count). The van der Waals surface area contributed by atoms with Crippen molar-refractivity contribution in [3.8, 4) is 0 Å². The van der Waals surface area contributed by atoms with Gasteiger partial charge in [0.1, 0.15) is 5.69 Å². The average molecular weight is 192 g/mol. The summed E-state index contributed by atoms with van der Waals surface area (Å²) in [5.74, 6) is 0. The van der Waals surface area contributed by atoms with Gasteiger partial charge in [-0.2, -0.15) is 5.10 Å². The van der Waals surface area contributed by atoms with Crippen LogP contribution in [-0.4, -0.2) is 24.8 Å². The van der Waals surface area contributed by atoms with E-state index >= 15 is 0 Å². The Morgan fingerprint density at radius 3 is 2.71 bits per heavy atom. The molecule has 6 nitrogen and oxygen atoms in total. The van der Waals surface area contributed by atoms with Gasteiger partial charge < -0.3 is 5.73 Å². The van der Waals surface area contributed by atoms with Gasteiger partial charge in [0, 0.05) is 19.4 Å². The Labute approximate surface area is 81.3 Å². The molecular formula is C8H12N6. The first-order valence-corrected chi connectivity index (χ1v) is 4.30. The monoisotopic (exact) mass is 192 g/mol. The lowest BCUT2D eigenvalue weighted by Crippen LogP contribution is -2.00. The van der Waals surface area contributed by atoms with Gasteiger partial charge in [0.15, 0.2) is 0 Å². The van der Waals surface area contributed by atoms with Crippen molar-refractivity contribution in [2.75, 3.05) is 5.73 Å². The van der Waals surface area contributed by atoms with Gasteiger partial charge in [-0.05, 0) is 6.92 Å². The van der Waals surface area contributed by atoms with E-state index in [0.717, 1.165) is 11.4 Å². The van der Waals surface area contributed by atoms with Crippen LogP contribution in [0.4, 0.5) is 5.69 Å². The van der Waals surface area contributed by atoms with Crippen LogP contribution in [0.2, 0.25) is 0 Å². The molecule has 0 bridgehead atoms. The van der Waals surface area contributed by atoms with Gasteiger partial charge in [0.25, 0.3) is 0 Å². The van der Waals surface area contributed by atoms with Crippen molar-refractivity contribution >= 4 is 5.69 Å². The largest absolute Gasteiger partial charge is 0.396 e. The topological polar surface area (TPSA) is 74.5 Å². The molecule has 14 heavy (non-hydrogen) atoms. The summed E-state index contributed by atoms with van der Waals surface area (Å²) in [5.41, 5.74) is 8.09. The second-order valence-corrected chi connectivity index (χ2v) is 3.25. The maximum Gasteiger partial charge on any atom is 0.104 e. The molecule has 6 heteroatoms. The van der Waals surface area contributed by atoms with Crippen LogP contribution >= 0.6 is 0 Å². The van der Waals surface area contributed by atoms with E-state index < -0.39 is 0 Å². The number of nitrogens with two attached hydrogens (primary N) is 1. The molecule has 2 aromatic heterocycles. The number of nitrogens with zero attached hydrogens (tertiary/aromatic N) is 5. The zero-order valence-corrected chi connectivity index (χ0v) is 8.18. The van der Waals surface area contributed by atoms with E-state index in [2.05, 4.69) is 15.4 Å². The predicted octanol–water partition coefficient (Wildman–Crippen LogP) is -0.0495. The molecule has 0 amide bonds. The van der Waals surface area contributed by atoms with E-state index in [1.807, 2.05) is 20.2 Å².